The largest absolute Gasteiger partial charge is 0.375 e. The van der Waals surface area contributed by atoms with Crippen molar-refractivity contribution in [3.63, 3.8) is 0 Å². The molecule has 4 nitrogen and oxygen atoms in total. The zero-order chi connectivity index (χ0) is 15.2. The Balaban J connectivity index is 2.23. The lowest BCUT2D eigenvalue weighted by molar-refractivity contribution is 0.0381. The van der Waals surface area contributed by atoms with Gasteiger partial charge in [0.05, 0.1) is 12.7 Å². The maximum atomic E-state index is 5.79. The van der Waals surface area contributed by atoms with E-state index in [9.17, 15) is 0 Å². The van der Waals surface area contributed by atoms with E-state index >= 15 is 0 Å². The van der Waals surface area contributed by atoms with Gasteiger partial charge in [0.25, 0.3) is 0 Å². The lowest BCUT2D eigenvalue weighted by Gasteiger charge is -2.35. The van der Waals surface area contributed by atoms with Crippen molar-refractivity contribution in [1.29, 1.82) is 0 Å². The first kappa shape index (κ1) is 16.2. The van der Waals surface area contributed by atoms with Crippen molar-refractivity contribution in [2.45, 2.75) is 53.2 Å². The van der Waals surface area contributed by atoms with Gasteiger partial charge in [-0.3, -0.25) is 0 Å². The highest BCUT2D eigenvalue weighted by Crippen LogP contribution is 2.25. The summed E-state index contributed by atoms with van der Waals surface area (Å²) in [5.41, 5.74) is 3.77. The molecular formula is C17H29N3O. The summed E-state index contributed by atoms with van der Waals surface area (Å²) in [7, 11) is 0. The molecule has 1 atom stereocenters. The van der Waals surface area contributed by atoms with E-state index < -0.39 is 0 Å². The third-order valence-corrected chi connectivity index (χ3v) is 4.08. The van der Waals surface area contributed by atoms with Crippen molar-refractivity contribution < 1.29 is 4.74 Å². The Hall–Kier alpha value is -1.13. The number of aryl methyl sites for hydroxylation is 2. The minimum atomic E-state index is 0.331. The maximum Gasteiger partial charge on any atom is 0.133 e. The van der Waals surface area contributed by atoms with Crippen LogP contribution in [0.2, 0.25) is 0 Å². The molecule has 1 saturated heterocycles. The van der Waals surface area contributed by atoms with Crippen LogP contribution < -0.4 is 10.2 Å². The summed E-state index contributed by atoms with van der Waals surface area (Å²) < 4.78 is 5.79. The Morgan fingerprint density at radius 1 is 1.38 bits per heavy atom. The summed E-state index contributed by atoms with van der Waals surface area (Å²) in [4.78, 5) is 7.24. The SMILES string of the molecule is CCCNCc1c(C)cc(C)nc1N1CCOC(CC)C1. The molecule has 118 valence electrons. The van der Waals surface area contributed by atoms with Crippen LogP contribution in [0.3, 0.4) is 0 Å². The van der Waals surface area contributed by atoms with Gasteiger partial charge in [0.1, 0.15) is 5.82 Å². The molecule has 2 heterocycles. The van der Waals surface area contributed by atoms with Crippen LogP contribution >= 0.6 is 0 Å². The van der Waals surface area contributed by atoms with Crippen molar-refractivity contribution in [2.75, 3.05) is 31.1 Å². The number of aromatic nitrogens is 1. The number of pyridine rings is 1. The average molecular weight is 291 g/mol. The van der Waals surface area contributed by atoms with Crippen LogP contribution in [-0.2, 0) is 11.3 Å². The molecular weight excluding hydrogens is 262 g/mol. The molecule has 2 rings (SSSR count). The quantitative estimate of drug-likeness (QED) is 0.818. The number of hydrogen-bond donors (Lipinski definition) is 1. The fourth-order valence-corrected chi connectivity index (χ4v) is 2.87. The van der Waals surface area contributed by atoms with Crippen LogP contribution in [0.25, 0.3) is 0 Å². The highest BCUT2D eigenvalue weighted by atomic mass is 16.5. The molecule has 1 unspecified atom stereocenters. The molecule has 0 saturated carbocycles. The minimum absolute atomic E-state index is 0.331. The summed E-state index contributed by atoms with van der Waals surface area (Å²) in [6.45, 7) is 13.3. The van der Waals surface area contributed by atoms with E-state index in [1.807, 2.05) is 0 Å². The van der Waals surface area contributed by atoms with E-state index in [0.717, 1.165) is 57.1 Å². The zero-order valence-corrected chi connectivity index (χ0v) is 13.9. The van der Waals surface area contributed by atoms with Crippen molar-refractivity contribution in [1.82, 2.24) is 10.3 Å². The molecule has 1 aromatic heterocycles. The average Bonchev–Trinajstić information content (AvgIpc) is 2.49. The maximum absolute atomic E-state index is 5.79. The molecule has 21 heavy (non-hydrogen) atoms. The number of hydrogen-bond acceptors (Lipinski definition) is 4. The molecule has 1 fully saturated rings. The molecule has 0 bridgehead atoms. The van der Waals surface area contributed by atoms with E-state index in [1.54, 1.807) is 0 Å². The highest BCUT2D eigenvalue weighted by Gasteiger charge is 2.23. The first-order chi connectivity index (χ1) is 10.2. The van der Waals surface area contributed by atoms with E-state index in [4.69, 9.17) is 9.72 Å². The Kier molecular flexibility index (Phi) is 6.00. The number of morpholine rings is 1. The van der Waals surface area contributed by atoms with Crippen LogP contribution in [0.15, 0.2) is 6.07 Å². The van der Waals surface area contributed by atoms with Gasteiger partial charge in [-0.15, -0.1) is 0 Å². The van der Waals surface area contributed by atoms with Crippen molar-refractivity contribution in [2.24, 2.45) is 0 Å². The summed E-state index contributed by atoms with van der Waals surface area (Å²) in [6, 6.07) is 2.18. The standard InChI is InChI=1S/C17H29N3O/c1-5-7-18-11-16-13(3)10-14(4)19-17(16)20-8-9-21-15(6-2)12-20/h10,15,18H,5-9,11-12H2,1-4H3. The van der Waals surface area contributed by atoms with Gasteiger partial charge in [0, 0.05) is 30.9 Å². The van der Waals surface area contributed by atoms with Gasteiger partial charge in [-0.05, 0) is 44.9 Å². The van der Waals surface area contributed by atoms with E-state index in [1.165, 1.54) is 11.1 Å². The van der Waals surface area contributed by atoms with E-state index in [0.29, 0.717) is 6.10 Å². The van der Waals surface area contributed by atoms with Crippen LogP contribution in [0.1, 0.15) is 43.5 Å². The number of nitrogens with zero attached hydrogens (tertiary/aromatic N) is 2. The van der Waals surface area contributed by atoms with Gasteiger partial charge in [-0.2, -0.15) is 0 Å². The van der Waals surface area contributed by atoms with Gasteiger partial charge in [0.15, 0.2) is 0 Å². The predicted octanol–water partition coefficient (Wildman–Crippen LogP) is 2.81. The number of anilines is 1. The first-order valence-corrected chi connectivity index (χ1v) is 8.20. The summed E-state index contributed by atoms with van der Waals surface area (Å²) in [6.07, 6.45) is 2.55. The molecule has 1 aliphatic heterocycles. The zero-order valence-electron chi connectivity index (χ0n) is 13.9. The number of rotatable bonds is 6. The van der Waals surface area contributed by atoms with E-state index in [-0.39, 0.29) is 0 Å². The van der Waals surface area contributed by atoms with Gasteiger partial charge >= 0.3 is 0 Å². The second kappa shape index (κ2) is 7.76. The molecule has 4 heteroatoms. The van der Waals surface area contributed by atoms with Gasteiger partial charge < -0.3 is 15.0 Å². The number of nitrogens with one attached hydrogen (secondary N) is 1. The molecule has 0 aliphatic carbocycles. The minimum Gasteiger partial charge on any atom is -0.375 e. The molecule has 1 N–H and O–H groups in total. The van der Waals surface area contributed by atoms with Gasteiger partial charge in [-0.25, -0.2) is 4.98 Å². The van der Waals surface area contributed by atoms with Crippen molar-refractivity contribution in [3.8, 4) is 0 Å². The lowest BCUT2D eigenvalue weighted by Crippen LogP contribution is -2.43. The summed E-state index contributed by atoms with van der Waals surface area (Å²) in [5, 5.41) is 3.52. The van der Waals surface area contributed by atoms with E-state index in [2.05, 4.69) is 44.0 Å². The van der Waals surface area contributed by atoms with Gasteiger partial charge in [-0.1, -0.05) is 13.8 Å². The smallest absolute Gasteiger partial charge is 0.133 e. The Bertz CT molecular complexity index is 462. The lowest BCUT2D eigenvalue weighted by atomic mass is 10.1. The molecule has 0 amide bonds. The summed E-state index contributed by atoms with van der Waals surface area (Å²) >= 11 is 0. The monoisotopic (exact) mass is 291 g/mol. The fraction of sp³-hybridized carbons (Fsp3) is 0.706. The molecule has 1 aromatic rings. The van der Waals surface area contributed by atoms with Crippen LogP contribution in [0.4, 0.5) is 5.82 Å². The summed E-state index contributed by atoms with van der Waals surface area (Å²) in [5.74, 6) is 1.15. The normalized spacial score (nSPS) is 19.0. The third-order valence-electron chi connectivity index (χ3n) is 4.08. The topological polar surface area (TPSA) is 37.4 Å². The number of ether oxygens (including phenoxy) is 1. The Morgan fingerprint density at radius 3 is 2.90 bits per heavy atom. The fourth-order valence-electron chi connectivity index (χ4n) is 2.87. The second-order valence-electron chi connectivity index (χ2n) is 5.91. The van der Waals surface area contributed by atoms with Crippen LogP contribution in [0.5, 0.6) is 0 Å². The molecule has 0 spiro atoms. The highest BCUT2D eigenvalue weighted by molar-refractivity contribution is 5.52. The Labute approximate surface area is 128 Å². The third kappa shape index (κ3) is 4.17. The van der Waals surface area contributed by atoms with Crippen molar-refractivity contribution >= 4 is 5.82 Å². The van der Waals surface area contributed by atoms with Crippen LogP contribution in [-0.4, -0.2) is 37.3 Å². The van der Waals surface area contributed by atoms with Crippen LogP contribution in [0, 0.1) is 13.8 Å². The molecule has 0 aromatic carbocycles. The predicted molar refractivity (Wildman–Crippen MR) is 88.0 cm³/mol. The first-order valence-electron chi connectivity index (χ1n) is 8.20. The van der Waals surface area contributed by atoms with Crippen molar-refractivity contribution in [3.05, 3.63) is 22.9 Å². The molecule has 1 aliphatic rings. The Morgan fingerprint density at radius 2 is 2.19 bits per heavy atom. The second-order valence-corrected chi connectivity index (χ2v) is 5.91. The van der Waals surface area contributed by atoms with Gasteiger partial charge in [0.2, 0.25) is 0 Å². The molecule has 0 radical (unpaired) electrons.